The SMILES string of the molecule is CC(C)(C)c1cc(-c2cccc3cccc(-c4ccccc4N(c4ccc(-c5cccc6oc7ccccc7c56)cc4)c4ccc(C(C)(C)C)cc4-c4ccccc4)c23)cc(C(C)(C)C)c1. The topological polar surface area (TPSA) is 16.4 Å². The number of rotatable bonds is 7. The van der Waals surface area contributed by atoms with Crippen LogP contribution in [0.4, 0.5) is 17.1 Å². The lowest BCUT2D eigenvalue weighted by Gasteiger charge is -2.31. The second kappa shape index (κ2) is 16.4. The molecule has 0 aliphatic carbocycles. The van der Waals surface area contributed by atoms with E-state index >= 15 is 0 Å². The number of para-hydroxylation sites is 2. The van der Waals surface area contributed by atoms with Crippen LogP contribution in [0.5, 0.6) is 0 Å². The lowest BCUT2D eigenvalue weighted by Crippen LogP contribution is -2.16. The van der Waals surface area contributed by atoms with Crippen molar-refractivity contribution in [1.82, 2.24) is 0 Å². The fourth-order valence-corrected chi connectivity index (χ4v) is 9.61. The molecule has 0 aliphatic heterocycles. The van der Waals surface area contributed by atoms with Gasteiger partial charge in [0, 0.05) is 27.6 Å². The van der Waals surface area contributed by atoms with Gasteiger partial charge in [-0.15, -0.1) is 0 Å². The number of anilines is 3. The molecule has 0 saturated carbocycles. The van der Waals surface area contributed by atoms with Crippen molar-refractivity contribution < 1.29 is 4.42 Å². The van der Waals surface area contributed by atoms with Gasteiger partial charge in [-0.2, -0.15) is 0 Å². The Morgan fingerprint density at radius 1 is 0.333 bits per heavy atom. The molecule has 0 amide bonds. The number of furan rings is 1. The summed E-state index contributed by atoms with van der Waals surface area (Å²) in [5, 5.41) is 4.74. The van der Waals surface area contributed by atoms with Crippen molar-refractivity contribution in [3.8, 4) is 44.5 Å². The Labute approximate surface area is 391 Å². The summed E-state index contributed by atoms with van der Waals surface area (Å²) in [4.78, 5) is 2.49. The van der Waals surface area contributed by atoms with Crippen LogP contribution in [0.25, 0.3) is 77.2 Å². The molecule has 1 aromatic heterocycles. The first kappa shape index (κ1) is 42.8. The first-order valence-electron chi connectivity index (χ1n) is 23.4. The van der Waals surface area contributed by atoms with Crippen molar-refractivity contribution in [2.45, 2.75) is 78.6 Å². The Bertz CT molecular complexity index is 3370. The van der Waals surface area contributed by atoms with E-state index in [1.165, 1.54) is 55.3 Å². The summed E-state index contributed by atoms with van der Waals surface area (Å²) in [6.07, 6.45) is 0. The molecule has 10 rings (SSSR count). The van der Waals surface area contributed by atoms with Crippen LogP contribution in [-0.2, 0) is 16.2 Å². The third-order valence-corrected chi connectivity index (χ3v) is 13.3. The van der Waals surface area contributed by atoms with E-state index < -0.39 is 0 Å². The van der Waals surface area contributed by atoms with Crippen LogP contribution in [0.1, 0.15) is 79.0 Å². The maximum atomic E-state index is 6.34. The highest BCUT2D eigenvalue weighted by Gasteiger charge is 2.26. The summed E-state index contributed by atoms with van der Waals surface area (Å²) in [5.74, 6) is 0. The summed E-state index contributed by atoms with van der Waals surface area (Å²) >= 11 is 0. The molecule has 9 aromatic carbocycles. The minimum Gasteiger partial charge on any atom is -0.456 e. The van der Waals surface area contributed by atoms with Crippen LogP contribution < -0.4 is 4.90 Å². The van der Waals surface area contributed by atoms with Gasteiger partial charge in [-0.05, 0) is 120 Å². The van der Waals surface area contributed by atoms with Gasteiger partial charge in [0.15, 0.2) is 0 Å². The second-order valence-corrected chi connectivity index (χ2v) is 21.0. The van der Waals surface area contributed by atoms with Crippen LogP contribution in [0.15, 0.2) is 199 Å². The molecule has 0 unspecified atom stereocenters. The van der Waals surface area contributed by atoms with E-state index in [1.807, 2.05) is 6.07 Å². The fraction of sp³-hybridized carbons (Fsp3) is 0.188. The van der Waals surface area contributed by atoms with Crippen molar-refractivity contribution in [2.75, 3.05) is 4.90 Å². The van der Waals surface area contributed by atoms with E-state index in [-0.39, 0.29) is 16.2 Å². The van der Waals surface area contributed by atoms with Gasteiger partial charge < -0.3 is 9.32 Å². The van der Waals surface area contributed by atoms with Gasteiger partial charge in [-0.25, -0.2) is 0 Å². The highest BCUT2D eigenvalue weighted by Crippen LogP contribution is 2.49. The van der Waals surface area contributed by atoms with Gasteiger partial charge in [-0.3, -0.25) is 0 Å². The standard InChI is InChI=1S/C64H59NO/c1-62(2,3)46-34-37-57(55(41-46)42-20-11-10-12-21-42)65(49-35-32-43(33-36-49)50-27-19-31-59-61(50)54-25-14-16-30-58(54)66-59)56-29-15-13-24-52(56)53-28-18-23-44-22-17-26-51(60(44)53)45-38-47(63(4,5)6)40-48(39-45)64(7,8)9/h10-41H,1-9H3. The molecule has 0 N–H and O–H groups in total. The summed E-state index contributed by atoms with van der Waals surface area (Å²) in [5.41, 5.74) is 18.5. The van der Waals surface area contributed by atoms with E-state index in [0.717, 1.165) is 55.7 Å². The van der Waals surface area contributed by atoms with Gasteiger partial charge in [0.2, 0.25) is 0 Å². The molecule has 0 radical (unpaired) electrons. The highest BCUT2D eigenvalue weighted by molar-refractivity contribution is 6.13. The number of benzene rings is 9. The van der Waals surface area contributed by atoms with E-state index in [1.54, 1.807) is 0 Å². The zero-order valence-electron chi connectivity index (χ0n) is 39.8. The Morgan fingerprint density at radius 3 is 1.55 bits per heavy atom. The number of fused-ring (bicyclic) bond motifs is 4. The molecule has 2 nitrogen and oxygen atoms in total. The number of hydrogen-bond acceptors (Lipinski definition) is 2. The maximum Gasteiger partial charge on any atom is 0.136 e. The van der Waals surface area contributed by atoms with Gasteiger partial charge in [0.1, 0.15) is 11.2 Å². The van der Waals surface area contributed by atoms with Crippen LogP contribution in [-0.4, -0.2) is 0 Å². The van der Waals surface area contributed by atoms with Crippen molar-refractivity contribution in [2.24, 2.45) is 0 Å². The van der Waals surface area contributed by atoms with Gasteiger partial charge >= 0.3 is 0 Å². The maximum absolute atomic E-state index is 6.34. The average Bonchev–Trinajstić information content (AvgIpc) is 3.70. The summed E-state index contributed by atoms with van der Waals surface area (Å²) < 4.78 is 6.34. The fourth-order valence-electron chi connectivity index (χ4n) is 9.61. The smallest absolute Gasteiger partial charge is 0.136 e. The lowest BCUT2D eigenvalue weighted by atomic mass is 9.78. The van der Waals surface area contributed by atoms with E-state index in [2.05, 4.69) is 255 Å². The summed E-state index contributed by atoms with van der Waals surface area (Å²) in [6.45, 7) is 20.8. The van der Waals surface area contributed by atoms with Gasteiger partial charge in [0.25, 0.3) is 0 Å². The van der Waals surface area contributed by atoms with Gasteiger partial charge in [0.05, 0.1) is 11.4 Å². The minimum atomic E-state index is -0.0405. The van der Waals surface area contributed by atoms with Crippen molar-refractivity contribution in [3.63, 3.8) is 0 Å². The minimum absolute atomic E-state index is 0.0100. The first-order chi connectivity index (χ1) is 31.6. The second-order valence-electron chi connectivity index (χ2n) is 21.0. The predicted octanol–water partition coefficient (Wildman–Crippen LogP) is 18.8. The molecule has 0 bridgehead atoms. The molecular weight excluding hydrogens is 799 g/mol. The largest absolute Gasteiger partial charge is 0.456 e. The quantitative estimate of drug-likeness (QED) is 0.159. The molecule has 66 heavy (non-hydrogen) atoms. The molecule has 0 spiro atoms. The summed E-state index contributed by atoms with van der Waals surface area (Å²) in [6, 6.07) is 71.7. The monoisotopic (exact) mass is 857 g/mol. The first-order valence-corrected chi connectivity index (χ1v) is 23.4. The summed E-state index contributed by atoms with van der Waals surface area (Å²) in [7, 11) is 0. The zero-order valence-corrected chi connectivity index (χ0v) is 39.8. The Morgan fingerprint density at radius 2 is 0.864 bits per heavy atom. The zero-order chi connectivity index (χ0) is 46.0. The average molecular weight is 858 g/mol. The van der Waals surface area contributed by atoms with E-state index in [9.17, 15) is 0 Å². The normalized spacial score (nSPS) is 12.3. The van der Waals surface area contributed by atoms with Crippen molar-refractivity contribution in [3.05, 3.63) is 211 Å². The third kappa shape index (κ3) is 7.89. The molecule has 0 saturated heterocycles. The third-order valence-electron chi connectivity index (χ3n) is 13.3. The highest BCUT2D eigenvalue weighted by atomic mass is 16.3. The Balaban J connectivity index is 1.22. The Hall–Kier alpha value is -7.16. The molecule has 0 atom stereocenters. The molecular formula is C64H59NO. The predicted molar refractivity (Wildman–Crippen MR) is 284 cm³/mol. The molecule has 10 aromatic rings. The van der Waals surface area contributed by atoms with Crippen LogP contribution in [0.2, 0.25) is 0 Å². The van der Waals surface area contributed by atoms with Gasteiger partial charge in [-0.1, -0.05) is 214 Å². The molecule has 1 heterocycles. The van der Waals surface area contributed by atoms with Crippen molar-refractivity contribution in [1.29, 1.82) is 0 Å². The van der Waals surface area contributed by atoms with Crippen LogP contribution >= 0.6 is 0 Å². The van der Waals surface area contributed by atoms with E-state index in [4.69, 9.17) is 4.42 Å². The van der Waals surface area contributed by atoms with Crippen LogP contribution in [0, 0.1) is 0 Å². The van der Waals surface area contributed by atoms with Crippen LogP contribution in [0.3, 0.4) is 0 Å². The molecule has 0 fully saturated rings. The Kier molecular flexibility index (Phi) is 10.6. The number of hydrogen-bond donors (Lipinski definition) is 0. The number of nitrogens with zero attached hydrogens (tertiary/aromatic N) is 1. The van der Waals surface area contributed by atoms with Crippen molar-refractivity contribution >= 4 is 49.8 Å². The molecule has 2 heteroatoms. The molecule has 326 valence electrons. The molecule has 0 aliphatic rings. The van der Waals surface area contributed by atoms with E-state index in [0.29, 0.717) is 0 Å². The lowest BCUT2D eigenvalue weighted by molar-refractivity contribution is 0.569.